The minimum atomic E-state index is -3.69. The van der Waals surface area contributed by atoms with Crippen molar-refractivity contribution in [2.24, 2.45) is 0 Å². The zero-order valence-corrected chi connectivity index (χ0v) is 12.6. The van der Waals surface area contributed by atoms with Crippen molar-refractivity contribution in [1.29, 1.82) is 0 Å². The molecule has 0 fully saturated rings. The fourth-order valence-electron chi connectivity index (χ4n) is 1.42. The molecule has 0 aliphatic carbocycles. The molecule has 0 heterocycles. The van der Waals surface area contributed by atoms with E-state index in [-0.39, 0.29) is 10.6 Å². The molecule has 1 rings (SSSR count). The molecule has 0 saturated heterocycles. The molecule has 0 aromatic heterocycles. The average molecular weight is 299 g/mol. The van der Waals surface area contributed by atoms with Gasteiger partial charge in [-0.15, -0.1) is 0 Å². The zero-order chi connectivity index (χ0) is 15.5. The molecular weight excluding hydrogens is 282 g/mol. The summed E-state index contributed by atoms with van der Waals surface area (Å²) >= 11 is 0. The van der Waals surface area contributed by atoms with Gasteiger partial charge in [0, 0.05) is 34.3 Å². The summed E-state index contributed by atoms with van der Waals surface area (Å²) in [5, 5.41) is 11.1. The Morgan fingerprint density at radius 1 is 1.20 bits per heavy atom. The molecule has 0 N–H and O–H groups in total. The summed E-state index contributed by atoms with van der Waals surface area (Å²) in [4.78, 5) is 12.1. The van der Waals surface area contributed by atoms with Crippen LogP contribution in [0.5, 0.6) is 0 Å². The molecule has 1 aromatic carbocycles. The molecule has 110 valence electrons. The summed E-state index contributed by atoms with van der Waals surface area (Å²) in [6.45, 7) is 0. The van der Waals surface area contributed by atoms with Crippen LogP contribution in [0.4, 0.5) is 5.69 Å². The van der Waals surface area contributed by atoms with Gasteiger partial charge in [0.15, 0.2) is 0 Å². The first-order valence-corrected chi connectivity index (χ1v) is 7.16. The molecule has 1 aromatic rings. The van der Waals surface area contributed by atoms with Gasteiger partial charge in [0.2, 0.25) is 10.0 Å². The third kappa shape index (κ3) is 3.55. The van der Waals surface area contributed by atoms with Gasteiger partial charge in [0.05, 0.1) is 15.4 Å². The Kier molecular flexibility index (Phi) is 4.85. The second kappa shape index (κ2) is 6.02. The molecule has 0 aliphatic heterocycles. The Bertz CT molecular complexity index is 636. The van der Waals surface area contributed by atoms with Gasteiger partial charge in [-0.3, -0.25) is 10.1 Å². The van der Waals surface area contributed by atoms with E-state index in [0.29, 0.717) is 5.56 Å². The maximum Gasteiger partial charge on any atom is 0.277 e. The van der Waals surface area contributed by atoms with Crippen LogP contribution in [0.15, 0.2) is 29.3 Å². The fraction of sp³-hybridized carbons (Fsp3) is 0.333. The van der Waals surface area contributed by atoms with Crippen molar-refractivity contribution in [2.45, 2.75) is 4.90 Å². The van der Waals surface area contributed by atoms with Crippen LogP contribution in [0.2, 0.25) is 0 Å². The maximum atomic E-state index is 12.0. The molecule has 0 spiro atoms. The monoisotopic (exact) mass is 299 g/mol. The normalized spacial score (nSPS) is 12.1. The highest BCUT2D eigenvalue weighted by Gasteiger charge is 2.22. The van der Waals surface area contributed by atoms with E-state index >= 15 is 0 Å². The summed E-state index contributed by atoms with van der Waals surface area (Å²) in [5.41, 5.74) is 0.104. The minimum Gasteiger partial charge on any atom is -0.383 e. The molecule has 0 saturated carbocycles. The first-order chi connectivity index (χ1) is 9.16. The van der Waals surface area contributed by atoms with E-state index in [0.717, 1.165) is 10.4 Å². The number of nitro benzene ring substituents is 1. The van der Waals surface area contributed by atoms with Gasteiger partial charge < -0.3 is 4.90 Å². The van der Waals surface area contributed by atoms with Crippen molar-refractivity contribution < 1.29 is 13.3 Å². The summed E-state index contributed by atoms with van der Waals surface area (Å²) in [6, 6.07) is 3.86. The molecule has 0 radical (unpaired) electrons. The topological polar surface area (TPSA) is 83.8 Å². The third-order valence-corrected chi connectivity index (χ3v) is 4.34. The lowest BCUT2D eigenvalue weighted by Crippen LogP contribution is -2.22. The lowest BCUT2D eigenvalue weighted by Gasteiger charge is -2.11. The predicted octanol–water partition coefficient (Wildman–Crippen LogP) is 1.38. The second-order valence-electron chi connectivity index (χ2n) is 4.54. The minimum absolute atomic E-state index is 0.101. The Labute approximate surface area is 118 Å². The van der Waals surface area contributed by atoms with Crippen LogP contribution in [0.25, 0.3) is 6.08 Å². The molecule has 7 nitrogen and oxygen atoms in total. The van der Waals surface area contributed by atoms with Crippen molar-refractivity contribution >= 4 is 21.8 Å². The highest BCUT2D eigenvalue weighted by Crippen LogP contribution is 2.25. The van der Waals surface area contributed by atoms with Gasteiger partial charge in [0.1, 0.15) is 0 Å². The van der Waals surface area contributed by atoms with Crippen molar-refractivity contribution in [1.82, 2.24) is 9.21 Å². The molecular formula is C12H17N3O4S. The maximum absolute atomic E-state index is 12.0. The Morgan fingerprint density at radius 3 is 2.25 bits per heavy atom. The lowest BCUT2D eigenvalue weighted by molar-refractivity contribution is -0.385. The van der Waals surface area contributed by atoms with E-state index in [4.69, 9.17) is 0 Å². The molecule has 20 heavy (non-hydrogen) atoms. The number of hydrogen-bond acceptors (Lipinski definition) is 5. The Morgan fingerprint density at radius 2 is 1.80 bits per heavy atom. The SMILES string of the molecule is CN(C)C=Cc1ccc(S(=O)(=O)N(C)C)cc1[N+](=O)[O-]. The van der Waals surface area contributed by atoms with Gasteiger partial charge in [-0.1, -0.05) is 0 Å². The summed E-state index contributed by atoms with van der Waals surface area (Å²) in [6.07, 6.45) is 3.21. The number of benzene rings is 1. The number of rotatable bonds is 5. The smallest absolute Gasteiger partial charge is 0.277 e. The molecule has 0 unspecified atom stereocenters. The van der Waals surface area contributed by atoms with E-state index in [1.165, 1.54) is 26.2 Å². The van der Waals surface area contributed by atoms with Crippen molar-refractivity contribution in [2.75, 3.05) is 28.2 Å². The summed E-state index contributed by atoms with van der Waals surface area (Å²) in [7, 11) is 2.64. The Balaban J connectivity index is 3.38. The van der Waals surface area contributed by atoms with E-state index in [9.17, 15) is 18.5 Å². The summed E-state index contributed by atoms with van der Waals surface area (Å²) < 4.78 is 24.9. The largest absolute Gasteiger partial charge is 0.383 e. The lowest BCUT2D eigenvalue weighted by atomic mass is 10.2. The standard InChI is InChI=1S/C12H17N3O4S/c1-13(2)8-7-10-5-6-11(9-12(10)15(16)17)20(18,19)14(3)4/h5-9H,1-4H3. The first-order valence-electron chi connectivity index (χ1n) is 5.72. The third-order valence-electron chi connectivity index (χ3n) is 2.53. The van der Waals surface area contributed by atoms with Crippen LogP contribution in [0, 0.1) is 10.1 Å². The number of sulfonamides is 1. The van der Waals surface area contributed by atoms with Crippen LogP contribution < -0.4 is 0 Å². The number of nitro groups is 1. The van der Waals surface area contributed by atoms with E-state index in [2.05, 4.69) is 0 Å². The highest BCUT2D eigenvalue weighted by molar-refractivity contribution is 7.89. The quantitative estimate of drug-likeness (QED) is 0.606. The van der Waals surface area contributed by atoms with Crippen molar-refractivity contribution in [3.63, 3.8) is 0 Å². The van der Waals surface area contributed by atoms with Crippen LogP contribution in [-0.4, -0.2) is 50.7 Å². The van der Waals surface area contributed by atoms with Crippen LogP contribution >= 0.6 is 0 Å². The van der Waals surface area contributed by atoms with Gasteiger partial charge in [-0.05, 0) is 24.4 Å². The van der Waals surface area contributed by atoms with Crippen LogP contribution in [0.3, 0.4) is 0 Å². The predicted molar refractivity (Wildman–Crippen MR) is 76.7 cm³/mol. The molecule has 0 bridgehead atoms. The van der Waals surface area contributed by atoms with Crippen LogP contribution in [-0.2, 0) is 10.0 Å². The molecule has 8 heteroatoms. The van der Waals surface area contributed by atoms with E-state index < -0.39 is 14.9 Å². The summed E-state index contributed by atoms with van der Waals surface area (Å²) in [5.74, 6) is 0. The van der Waals surface area contributed by atoms with Gasteiger partial charge in [-0.2, -0.15) is 0 Å². The second-order valence-corrected chi connectivity index (χ2v) is 6.70. The van der Waals surface area contributed by atoms with Gasteiger partial charge >= 0.3 is 0 Å². The van der Waals surface area contributed by atoms with Crippen molar-refractivity contribution in [3.05, 3.63) is 40.1 Å². The Hall–Kier alpha value is -1.93. The fourth-order valence-corrected chi connectivity index (χ4v) is 2.35. The molecule has 0 amide bonds. The number of nitrogens with zero attached hydrogens (tertiary/aromatic N) is 3. The zero-order valence-electron chi connectivity index (χ0n) is 11.8. The van der Waals surface area contributed by atoms with E-state index in [1.807, 2.05) is 0 Å². The number of hydrogen-bond donors (Lipinski definition) is 0. The molecule has 0 atom stereocenters. The molecule has 0 aliphatic rings. The van der Waals surface area contributed by atoms with E-state index in [1.54, 1.807) is 31.3 Å². The van der Waals surface area contributed by atoms with Gasteiger partial charge in [0.25, 0.3) is 5.69 Å². The highest BCUT2D eigenvalue weighted by atomic mass is 32.2. The first kappa shape index (κ1) is 16.1. The van der Waals surface area contributed by atoms with Gasteiger partial charge in [-0.25, -0.2) is 12.7 Å². The van der Waals surface area contributed by atoms with Crippen LogP contribution in [0.1, 0.15) is 5.56 Å². The van der Waals surface area contributed by atoms with Crippen molar-refractivity contribution in [3.8, 4) is 0 Å². The average Bonchev–Trinajstić information content (AvgIpc) is 2.35.